The summed E-state index contributed by atoms with van der Waals surface area (Å²) in [5.74, 6) is 0.384. The highest BCUT2D eigenvalue weighted by molar-refractivity contribution is 7.87. The number of fused-ring (bicyclic) bond motifs is 1. The highest BCUT2D eigenvalue weighted by Crippen LogP contribution is 2.30. The molecule has 0 spiro atoms. The van der Waals surface area contributed by atoms with Gasteiger partial charge in [0.15, 0.2) is 0 Å². The molecule has 1 aromatic heterocycles. The maximum absolute atomic E-state index is 12.8. The number of hydrogen-bond acceptors (Lipinski definition) is 7. The predicted molar refractivity (Wildman–Crippen MR) is 126 cm³/mol. The molecule has 2 heterocycles. The van der Waals surface area contributed by atoms with Gasteiger partial charge in [0.25, 0.3) is 0 Å². The fourth-order valence-electron chi connectivity index (χ4n) is 4.06. The van der Waals surface area contributed by atoms with Gasteiger partial charge in [0.1, 0.15) is 10.6 Å². The Labute approximate surface area is 196 Å². The fraction of sp³-hybridized carbons (Fsp3) is 0.348. The number of carbonyl (C=O) groups excluding carboxylic acids is 2. The van der Waals surface area contributed by atoms with Gasteiger partial charge < -0.3 is 19.4 Å². The van der Waals surface area contributed by atoms with Crippen molar-refractivity contribution in [3.8, 4) is 5.75 Å². The summed E-state index contributed by atoms with van der Waals surface area (Å²) >= 11 is 0. The van der Waals surface area contributed by atoms with Crippen LogP contribution in [0.3, 0.4) is 0 Å². The molecule has 2 amide bonds. The first-order valence-corrected chi connectivity index (χ1v) is 12.5. The van der Waals surface area contributed by atoms with Crippen LogP contribution in [-0.2, 0) is 19.7 Å². The molecule has 2 aromatic carbocycles. The Morgan fingerprint density at radius 3 is 2.59 bits per heavy atom. The minimum absolute atomic E-state index is 0.0379. The number of hydrogen-bond donors (Lipinski definition) is 3. The number of H-pyrrole nitrogens is 1. The van der Waals surface area contributed by atoms with Gasteiger partial charge in [0.05, 0.1) is 11.0 Å². The van der Waals surface area contributed by atoms with Gasteiger partial charge in [-0.1, -0.05) is 0 Å². The second kappa shape index (κ2) is 8.64. The van der Waals surface area contributed by atoms with Crippen LogP contribution >= 0.6 is 0 Å². The van der Waals surface area contributed by atoms with Crippen LogP contribution in [0, 0.1) is 5.92 Å². The van der Waals surface area contributed by atoms with Gasteiger partial charge in [0, 0.05) is 43.7 Å². The number of aromatic nitrogens is 2. The Morgan fingerprint density at radius 2 is 1.88 bits per heavy atom. The second-order valence-electron chi connectivity index (χ2n) is 8.69. The van der Waals surface area contributed by atoms with E-state index in [1.54, 1.807) is 18.2 Å². The van der Waals surface area contributed by atoms with E-state index in [4.69, 9.17) is 4.18 Å². The number of benzene rings is 2. The van der Waals surface area contributed by atoms with Crippen LogP contribution in [0.25, 0.3) is 11.0 Å². The summed E-state index contributed by atoms with van der Waals surface area (Å²) in [6.45, 7) is 2.95. The number of imidazole rings is 1. The molecule has 178 valence electrons. The molecule has 5 rings (SSSR count). The Hall–Kier alpha value is -3.60. The van der Waals surface area contributed by atoms with Crippen LogP contribution in [0.5, 0.6) is 5.75 Å². The number of amides is 2. The van der Waals surface area contributed by atoms with Crippen molar-refractivity contribution in [2.75, 3.05) is 23.3 Å². The van der Waals surface area contributed by atoms with Crippen molar-refractivity contribution in [3.05, 3.63) is 42.5 Å². The summed E-state index contributed by atoms with van der Waals surface area (Å²) in [7, 11) is -4.04. The standard InChI is InChI=1S/C23H25N5O5S/c1-14(29)24-16-10-11-28(13-16)17-4-7-19(8-5-17)34(31,32)33-18-6-9-20-21(12-18)26-23(25-20)27-22(30)15-2-3-15/h4-9,12,15-16H,2-3,10-11,13H2,1H3,(H,24,29)(H2,25,26,27,30). The van der Waals surface area contributed by atoms with Gasteiger partial charge in [-0.3, -0.25) is 14.9 Å². The molecule has 1 atom stereocenters. The quantitative estimate of drug-likeness (QED) is 0.439. The summed E-state index contributed by atoms with van der Waals surface area (Å²) in [4.78, 5) is 32.6. The zero-order chi connectivity index (χ0) is 23.9. The molecule has 1 unspecified atom stereocenters. The largest absolute Gasteiger partial charge is 0.379 e. The lowest BCUT2D eigenvalue weighted by Crippen LogP contribution is -2.35. The monoisotopic (exact) mass is 483 g/mol. The molecule has 3 N–H and O–H groups in total. The molecule has 0 radical (unpaired) electrons. The smallest absolute Gasteiger partial charge is 0.339 e. The first-order valence-electron chi connectivity index (χ1n) is 11.1. The van der Waals surface area contributed by atoms with Crippen molar-refractivity contribution >= 4 is 44.6 Å². The molecule has 1 aliphatic heterocycles. The number of nitrogens with zero attached hydrogens (tertiary/aromatic N) is 2. The van der Waals surface area contributed by atoms with E-state index >= 15 is 0 Å². The predicted octanol–water partition coefficient (Wildman–Crippen LogP) is 2.39. The van der Waals surface area contributed by atoms with Crippen molar-refractivity contribution in [2.45, 2.75) is 37.1 Å². The lowest BCUT2D eigenvalue weighted by atomic mass is 10.2. The molecule has 10 nitrogen and oxygen atoms in total. The molecular weight excluding hydrogens is 458 g/mol. The lowest BCUT2D eigenvalue weighted by molar-refractivity contribution is -0.119. The first kappa shape index (κ1) is 22.2. The number of nitrogens with one attached hydrogen (secondary N) is 3. The van der Waals surface area contributed by atoms with E-state index in [0.717, 1.165) is 31.5 Å². The summed E-state index contributed by atoms with van der Waals surface area (Å²) in [6.07, 6.45) is 2.61. The van der Waals surface area contributed by atoms with Gasteiger partial charge in [-0.05, 0) is 55.7 Å². The van der Waals surface area contributed by atoms with Crippen LogP contribution in [0.15, 0.2) is 47.4 Å². The summed E-state index contributed by atoms with van der Waals surface area (Å²) < 4.78 is 31.0. The van der Waals surface area contributed by atoms with Crippen LogP contribution < -0.4 is 19.7 Å². The first-order chi connectivity index (χ1) is 16.3. The van der Waals surface area contributed by atoms with Gasteiger partial charge in [-0.15, -0.1) is 0 Å². The van der Waals surface area contributed by atoms with Crippen molar-refractivity contribution in [3.63, 3.8) is 0 Å². The van der Waals surface area contributed by atoms with Gasteiger partial charge >= 0.3 is 10.1 Å². The van der Waals surface area contributed by atoms with E-state index in [2.05, 4.69) is 25.5 Å². The molecule has 1 saturated carbocycles. The zero-order valence-electron chi connectivity index (χ0n) is 18.6. The Kier molecular flexibility index (Phi) is 5.64. The molecule has 2 aliphatic rings. The molecule has 3 aromatic rings. The SMILES string of the molecule is CC(=O)NC1CCN(c2ccc(S(=O)(=O)Oc3ccc4nc(NC(=O)C5CC5)[nH]c4c3)cc2)C1. The highest BCUT2D eigenvalue weighted by atomic mass is 32.2. The maximum Gasteiger partial charge on any atom is 0.339 e. The van der Waals surface area contributed by atoms with E-state index < -0.39 is 10.1 Å². The molecule has 1 saturated heterocycles. The Morgan fingerprint density at radius 1 is 1.12 bits per heavy atom. The average Bonchev–Trinajstić information content (AvgIpc) is 3.42. The summed E-state index contributed by atoms with van der Waals surface area (Å²) in [5.41, 5.74) is 2.02. The minimum atomic E-state index is -4.04. The average molecular weight is 484 g/mol. The van der Waals surface area contributed by atoms with Crippen molar-refractivity contribution in [2.24, 2.45) is 5.92 Å². The summed E-state index contributed by atoms with van der Waals surface area (Å²) in [6, 6.07) is 11.3. The normalized spacial score (nSPS) is 18.1. The molecule has 0 bridgehead atoms. The molecule has 34 heavy (non-hydrogen) atoms. The lowest BCUT2D eigenvalue weighted by Gasteiger charge is -2.19. The number of anilines is 2. The van der Waals surface area contributed by atoms with Crippen LogP contribution in [0.1, 0.15) is 26.2 Å². The molecule has 11 heteroatoms. The van der Waals surface area contributed by atoms with Gasteiger partial charge in [-0.2, -0.15) is 8.42 Å². The van der Waals surface area contributed by atoms with Crippen molar-refractivity contribution < 1.29 is 22.2 Å². The maximum atomic E-state index is 12.8. The molecule has 2 fully saturated rings. The highest BCUT2D eigenvalue weighted by Gasteiger charge is 2.30. The number of rotatable bonds is 7. The Bertz CT molecular complexity index is 1350. The van der Waals surface area contributed by atoms with E-state index in [9.17, 15) is 18.0 Å². The molecule has 1 aliphatic carbocycles. The van der Waals surface area contributed by atoms with Gasteiger partial charge in [-0.25, -0.2) is 4.98 Å². The van der Waals surface area contributed by atoms with Crippen molar-refractivity contribution in [1.29, 1.82) is 0 Å². The zero-order valence-corrected chi connectivity index (χ0v) is 19.4. The van der Waals surface area contributed by atoms with Crippen LogP contribution in [0.2, 0.25) is 0 Å². The minimum Gasteiger partial charge on any atom is -0.379 e. The van der Waals surface area contributed by atoms with Gasteiger partial charge in [0.2, 0.25) is 17.8 Å². The Balaban J connectivity index is 1.26. The third-order valence-corrected chi connectivity index (χ3v) is 7.20. The molecular formula is C23H25N5O5S. The van der Waals surface area contributed by atoms with Crippen molar-refractivity contribution in [1.82, 2.24) is 15.3 Å². The number of carbonyl (C=O) groups is 2. The number of aromatic amines is 1. The van der Waals surface area contributed by atoms with Crippen LogP contribution in [-0.4, -0.2) is 49.3 Å². The van der Waals surface area contributed by atoms with Crippen LogP contribution in [0.4, 0.5) is 11.6 Å². The van der Waals surface area contributed by atoms with E-state index in [-0.39, 0.29) is 34.4 Å². The third kappa shape index (κ3) is 4.84. The third-order valence-electron chi connectivity index (χ3n) is 5.94. The van der Waals surface area contributed by atoms with E-state index in [1.807, 2.05) is 0 Å². The topological polar surface area (TPSA) is 133 Å². The van der Waals surface area contributed by atoms with E-state index in [0.29, 0.717) is 23.5 Å². The summed E-state index contributed by atoms with van der Waals surface area (Å²) in [5, 5.41) is 5.65. The second-order valence-corrected chi connectivity index (χ2v) is 10.2. The van der Waals surface area contributed by atoms with E-state index in [1.165, 1.54) is 31.2 Å². The fourth-order valence-corrected chi connectivity index (χ4v) is 4.99.